The minimum absolute atomic E-state index is 0.205. The molecular weight excluding hydrogens is 280 g/mol. The van der Waals surface area contributed by atoms with E-state index in [1.54, 1.807) is 40.0 Å². The van der Waals surface area contributed by atoms with Crippen LogP contribution in [0.25, 0.3) is 0 Å². The van der Waals surface area contributed by atoms with Crippen molar-refractivity contribution >= 4 is 15.7 Å². The van der Waals surface area contributed by atoms with Crippen LogP contribution in [0.5, 0.6) is 5.75 Å². The first kappa shape index (κ1) is 14.4. The molecular formula is C13H16N2O4S. The van der Waals surface area contributed by atoms with E-state index in [1.807, 2.05) is 0 Å². The molecule has 0 saturated heterocycles. The molecule has 0 bridgehead atoms. The zero-order valence-electron chi connectivity index (χ0n) is 11.7. The molecule has 0 amide bonds. The lowest BCUT2D eigenvalue weighted by atomic mass is 10.1. The maximum Gasteiger partial charge on any atom is 0.262 e. The maximum atomic E-state index is 12.4. The number of aromatic nitrogens is 1. The summed E-state index contributed by atoms with van der Waals surface area (Å²) in [6.45, 7) is 5.15. The predicted octanol–water partition coefficient (Wildman–Crippen LogP) is 2.41. The largest absolute Gasteiger partial charge is 0.496 e. The summed E-state index contributed by atoms with van der Waals surface area (Å²) in [5.74, 6) is 1.07. The lowest BCUT2D eigenvalue weighted by Gasteiger charge is -2.12. The average molecular weight is 296 g/mol. The number of benzene rings is 1. The molecule has 0 aliphatic heterocycles. The first-order valence-corrected chi connectivity index (χ1v) is 7.43. The molecule has 0 aliphatic carbocycles. The van der Waals surface area contributed by atoms with E-state index in [-0.39, 0.29) is 4.90 Å². The molecule has 6 nitrogen and oxygen atoms in total. The van der Waals surface area contributed by atoms with Crippen LogP contribution in [0.15, 0.2) is 27.7 Å². The van der Waals surface area contributed by atoms with Crippen LogP contribution in [0.3, 0.4) is 0 Å². The third kappa shape index (κ3) is 2.62. The van der Waals surface area contributed by atoms with Gasteiger partial charge in [-0.2, -0.15) is 0 Å². The Bertz CT molecular complexity index is 735. The van der Waals surface area contributed by atoms with Crippen LogP contribution in [-0.4, -0.2) is 20.7 Å². The molecule has 2 rings (SSSR count). The summed E-state index contributed by atoms with van der Waals surface area (Å²) in [5.41, 5.74) is 1.69. The van der Waals surface area contributed by atoms with Crippen molar-refractivity contribution in [3.8, 4) is 5.75 Å². The summed E-state index contributed by atoms with van der Waals surface area (Å²) in [4.78, 5) is 0.205. The van der Waals surface area contributed by atoms with E-state index < -0.39 is 10.0 Å². The zero-order chi connectivity index (χ0) is 14.9. The second kappa shape index (κ2) is 5.16. The van der Waals surface area contributed by atoms with Crippen LogP contribution in [0.2, 0.25) is 0 Å². The van der Waals surface area contributed by atoms with Gasteiger partial charge in [-0.25, -0.2) is 8.42 Å². The number of anilines is 1. The highest BCUT2D eigenvalue weighted by Gasteiger charge is 2.20. The predicted molar refractivity (Wildman–Crippen MR) is 74.5 cm³/mol. The van der Waals surface area contributed by atoms with Gasteiger partial charge in [-0.1, -0.05) is 5.16 Å². The highest BCUT2D eigenvalue weighted by molar-refractivity contribution is 7.92. The van der Waals surface area contributed by atoms with Crippen LogP contribution >= 0.6 is 0 Å². The lowest BCUT2D eigenvalue weighted by Crippen LogP contribution is -2.15. The topological polar surface area (TPSA) is 81.4 Å². The van der Waals surface area contributed by atoms with Gasteiger partial charge in [0, 0.05) is 0 Å². The number of sulfonamides is 1. The Morgan fingerprint density at radius 2 is 1.90 bits per heavy atom. The Balaban J connectivity index is 2.45. The van der Waals surface area contributed by atoms with Crippen LogP contribution in [0.4, 0.5) is 5.69 Å². The zero-order valence-corrected chi connectivity index (χ0v) is 12.5. The minimum Gasteiger partial charge on any atom is -0.496 e. The molecule has 0 unspecified atom stereocenters. The molecule has 1 aromatic heterocycles. The monoisotopic (exact) mass is 296 g/mol. The summed E-state index contributed by atoms with van der Waals surface area (Å²) >= 11 is 0. The fourth-order valence-corrected chi connectivity index (χ4v) is 3.28. The SMILES string of the molecule is COc1cc(C)c(S(=O)(=O)Nc2cnoc2C)cc1C. The fourth-order valence-electron chi connectivity index (χ4n) is 1.87. The van der Waals surface area contributed by atoms with Crippen molar-refractivity contribution < 1.29 is 17.7 Å². The van der Waals surface area contributed by atoms with E-state index in [0.717, 1.165) is 5.56 Å². The summed E-state index contributed by atoms with van der Waals surface area (Å²) in [7, 11) is -2.14. The van der Waals surface area contributed by atoms with Gasteiger partial charge in [0.15, 0.2) is 5.76 Å². The lowest BCUT2D eigenvalue weighted by molar-refractivity contribution is 0.398. The molecule has 0 saturated carbocycles. The Morgan fingerprint density at radius 1 is 1.20 bits per heavy atom. The third-order valence-electron chi connectivity index (χ3n) is 2.98. The van der Waals surface area contributed by atoms with Gasteiger partial charge >= 0.3 is 0 Å². The van der Waals surface area contributed by atoms with Gasteiger partial charge in [-0.15, -0.1) is 0 Å². The number of hydrogen-bond acceptors (Lipinski definition) is 5. The molecule has 7 heteroatoms. The van der Waals surface area contributed by atoms with Crippen LogP contribution < -0.4 is 9.46 Å². The Labute approximate surface area is 117 Å². The number of nitrogens with one attached hydrogen (secondary N) is 1. The number of ether oxygens (including phenoxy) is 1. The van der Waals surface area contributed by atoms with Gasteiger partial charge < -0.3 is 9.26 Å². The Kier molecular flexibility index (Phi) is 3.71. The Morgan fingerprint density at radius 3 is 2.45 bits per heavy atom. The molecule has 0 radical (unpaired) electrons. The number of aryl methyl sites for hydroxylation is 3. The number of nitrogens with zero attached hydrogens (tertiary/aromatic N) is 1. The summed E-state index contributed by atoms with van der Waals surface area (Å²) < 4.78 is 37.3. The molecule has 0 fully saturated rings. The molecule has 108 valence electrons. The quantitative estimate of drug-likeness (QED) is 0.937. The fraction of sp³-hybridized carbons (Fsp3) is 0.308. The molecule has 1 N–H and O–H groups in total. The van der Waals surface area contributed by atoms with Crippen LogP contribution in [-0.2, 0) is 10.0 Å². The van der Waals surface area contributed by atoms with Crippen molar-refractivity contribution in [2.75, 3.05) is 11.8 Å². The maximum absolute atomic E-state index is 12.4. The van der Waals surface area contributed by atoms with Crippen molar-refractivity contribution in [1.29, 1.82) is 0 Å². The van der Waals surface area contributed by atoms with Crippen molar-refractivity contribution in [1.82, 2.24) is 5.16 Å². The van der Waals surface area contributed by atoms with E-state index >= 15 is 0 Å². The molecule has 1 heterocycles. The molecule has 0 aliphatic rings. The Hall–Kier alpha value is -2.02. The second-order valence-electron chi connectivity index (χ2n) is 4.49. The third-order valence-corrected chi connectivity index (χ3v) is 4.48. The smallest absolute Gasteiger partial charge is 0.262 e. The van der Waals surface area contributed by atoms with E-state index in [4.69, 9.17) is 9.26 Å². The average Bonchev–Trinajstić information content (AvgIpc) is 2.76. The summed E-state index contributed by atoms with van der Waals surface area (Å²) in [5, 5.41) is 3.54. The normalized spacial score (nSPS) is 11.4. The highest BCUT2D eigenvalue weighted by atomic mass is 32.2. The minimum atomic E-state index is -3.69. The van der Waals surface area contributed by atoms with E-state index in [1.165, 1.54) is 6.20 Å². The van der Waals surface area contributed by atoms with E-state index in [2.05, 4.69) is 9.88 Å². The van der Waals surface area contributed by atoms with Crippen LogP contribution in [0, 0.1) is 20.8 Å². The van der Waals surface area contributed by atoms with E-state index in [9.17, 15) is 8.42 Å². The van der Waals surface area contributed by atoms with Crippen molar-refractivity contribution in [3.63, 3.8) is 0 Å². The second-order valence-corrected chi connectivity index (χ2v) is 6.14. The molecule has 1 aromatic carbocycles. The van der Waals surface area contributed by atoms with Gasteiger partial charge in [0.05, 0.1) is 18.2 Å². The van der Waals surface area contributed by atoms with Crippen molar-refractivity contribution in [2.24, 2.45) is 0 Å². The first-order valence-electron chi connectivity index (χ1n) is 5.94. The number of methoxy groups -OCH3 is 1. The summed E-state index contributed by atoms with van der Waals surface area (Å²) in [6.07, 6.45) is 1.33. The molecule has 2 aromatic rings. The van der Waals surface area contributed by atoms with E-state index in [0.29, 0.717) is 22.8 Å². The van der Waals surface area contributed by atoms with Crippen molar-refractivity contribution in [3.05, 3.63) is 35.2 Å². The molecule has 20 heavy (non-hydrogen) atoms. The van der Waals surface area contributed by atoms with Gasteiger partial charge in [0.1, 0.15) is 11.4 Å². The van der Waals surface area contributed by atoms with Crippen LogP contribution in [0.1, 0.15) is 16.9 Å². The first-order chi connectivity index (χ1) is 9.35. The highest BCUT2D eigenvalue weighted by Crippen LogP contribution is 2.27. The summed E-state index contributed by atoms with van der Waals surface area (Å²) in [6, 6.07) is 3.28. The van der Waals surface area contributed by atoms with Gasteiger partial charge in [0.2, 0.25) is 0 Å². The van der Waals surface area contributed by atoms with Crippen molar-refractivity contribution in [2.45, 2.75) is 25.7 Å². The number of rotatable bonds is 4. The number of hydrogen-bond donors (Lipinski definition) is 1. The molecule has 0 atom stereocenters. The van der Waals surface area contributed by atoms with Gasteiger partial charge in [-0.3, -0.25) is 4.72 Å². The van der Waals surface area contributed by atoms with Gasteiger partial charge in [0.25, 0.3) is 10.0 Å². The van der Waals surface area contributed by atoms with Gasteiger partial charge in [-0.05, 0) is 44.0 Å². The molecule has 0 spiro atoms. The standard InChI is InChI=1S/C13H16N2O4S/c1-8-6-13(9(2)5-12(8)18-4)20(16,17)15-11-7-14-19-10(11)3/h5-7,15H,1-4H3.